The van der Waals surface area contributed by atoms with E-state index in [1.54, 1.807) is 0 Å². The van der Waals surface area contributed by atoms with Gasteiger partial charge in [0.1, 0.15) is 0 Å². The van der Waals surface area contributed by atoms with E-state index in [1.807, 2.05) is 0 Å². The Morgan fingerprint density at radius 1 is 0.419 bits per heavy atom. The highest BCUT2D eigenvalue weighted by Gasteiger charge is 2.95. The first-order valence-electron chi connectivity index (χ1n) is 7.33. The van der Waals surface area contributed by atoms with Gasteiger partial charge in [-0.1, -0.05) is 13.1 Å². The Morgan fingerprint density at radius 2 is 0.645 bits per heavy atom. The van der Waals surface area contributed by atoms with Crippen LogP contribution in [0.4, 0.5) is 74.6 Å². The lowest BCUT2D eigenvalue weighted by molar-refractivity contribution is -0.458. The standard InChI is InChI=1S/C12H12F17NSi/c1-30(2)31(3,4)12(28,29)10(23,24)8(19,20)6(15,16)5(13,14)7(17,18)9(21,22)11(25,26)27/h1-4H3. The van der Waals surface area contributed by atoms with Gasteiger partial charge in [-0.2, -0.15) is 65.9 Å². The van der Waals surface area contributed by atoms with E-state index < -0.39 is 55.5 Å². The second kappa shape index (κ2) is 7.24. The summed E-state index contributed by atoms with van der Waals surface area (Å²) in [7, 11) is -4.22. The molecule has 0 aromatic carbocycles. The molecule has 0 atom stereocenters. The minimum absolute atomic E-state index is 0.139. The van der Waals surface area contributed by atoms with Crippen molar-refractivity contribution >= 4 is 8.24 Å². The van der Waals surface area contributed by atoms with Crippen molar-refractivity contribution in [3.8, 4) is 0 Å². The molecule has 0 amide bonds. The predicted octanol–water partition coefficient (Wildman–Crippen LogP) is 6.30. The van der Waals surface area contributed by atoms with Gasteiger partial charge < -0.3 is 4.57 Å². The number of nitrogens with zero attached hydrogens (tertiary/aromatic N) is 1. The quantitative estimate of drug-likeness (QED) is 0.268. The van der Waals surface area contributed by atoms with Crippen molar-refractivity contribution in [2.75, 3.05) is 14.1 Å². The van der Waals surface area contributed by atoms with Crippen LogP contribution in [-0.4, -0.2) is 74.2 Å². The van der Waals surface area contributed by atoms with Gasteiger partial charge in [-0.15, -0.1) is 0 Å². The molecule has 31 heavy (non-hydrogen) atoms. The summed E-state index contributed by atoms with van der Waals surface area (Å²) >= 11 is 0. The van der Waals surface area contributed by atoms with Crippen LogP contribution in [0.3, 0.4) is 0 Å². The Hall–Kier alpha value is -1.01. The summed E-state index contributed by atoms with van der Waals surface area (Å²) in [6.07, 6.45) is -7.75. The molecule has 188 valence electrons. The molecular weight excluding hydrogens is 509 g/mol. The summed E-state index contributed by atoms with van der Waals surface area (Å²) in [5, 5.41) is 0. The molecule has 0 aliphatic rings. The second-order valence-electron chi connectivity index (χ2n) is 6.97. The molecule has 0 fully saturated rings. The Balaban J connectivity index is 6.91. The van der Waals surface area contributed by atoms with Crippen LogP contribution in [-0.2, 0) is 0 Å². The summed E-state index contributed by atoms with van der Waals surface area (Å²) in [6, 6.07) is 0. The molecule has 0 saturated heterocycles. The highest BCUT2D eigenvalue weighted by atomic mass is 28.3. The van der Waals surface area contributed by atoms with Crippen molar-refractivity contribution < 1.29 is 74.6 Å². The zero-order valence-electron chi connectivity index (χ0n) is 15.4. The van der Waals surface area contributed by atoms with Crippen LogP contribution < -0.4 is 0 Å². The van der Waals surface area contributed by atoms with Crippen LogP contribution in [0, 0.1) is 0 Å². The maximum atomic E-state index is 14.1. The monoisotopic (exact) mass is 521 g/mol. The van der Waals surface area contributed by atoms with Crippen LogP contribution >= 0.6 is 0 Å². The van der Waals surface area contributed by atoms with E-state index in [0.29, 0.717) is 14.1 Å². The molecule has 0 saturated carbocycles. The van der Waals surface area contributed by atoms with Crippen molar-refractivity contribution in [2.45, 2.75) is 60.4 Å². The zero-order valence-corrected chi connectivity index (χ0v) is 16.4. The topological polar surface area (TPSA) is 3.24 Å². The van der Waals surface area contributed by atoms with Gasteiger partial charge in [-0.3, -0.25) is 0 Å². The lowest BCUT2D eigenvalue weighted by Crippen LogP contribution is -2.78. The Bertz CT molecular complexity index is 663. The number of hydrogen-bond donors (Lipinski definition) is 0. The maximum Gasteiger partial charge on any atom is 0.460 e. The molecule has 0 spiro atoms. The third kappa shape index (κ3) is 3.56. The normalized spacial score (nSPS) is 16.8. The van der Waals surface area contributed by atoms with E-state index in [-0.39, 0.29) is 17.7 Å². The van der Waals surface area contributed by atoms with Gasteiger partial charge in [0.05, 0.1) is 0 Å². The van der Waals surface area contributed by atoms with E-state index in [9.17, 15) is 74.6 Å². The minimum Gasteiger partial charge on any atom is -0.325 e. The van der Waals surface area contributed by atoms with E-state index in [2.05, 4.69) is 0 Å². The molecule has 0 aromatic rings. The largest absolute Gasteiger partial charge is 0.460 e. The van der Waals surface area contributed by atoms with E-state index >= 15 is 0 Å². The number of alkyl halides is 17. The van der Waals surface area contributed by atoms with Gasteiger partial charge in [-0.25, -0.2) is 8.78 Å². The average molecular weight is 521 g/mol. The molecule has 0 unspecified atom stereocenters. The van der Waals surface area contributed by atoms with Crippen molar-refractivity contribution in [2.24, 2.45) is 0 Å². The fourth-order valence-corrected chi connectivity index (χ4v) is 3.32. The van der Waals surface area contributed by atoms with Gasteiger partial charge in [0.2, 0.25) is 8.24 Å². The molecule has 0 N–H and O–H groups in total. The lowest BCUT2D eigenvalue weighted by Gasteiger charge is -2.46. The fourth-order valence-electron chi connectivity index (χ4n) is 1.83. The first-order valence-corrected chi connectivity index (χ1v) is 10.3. The van der Waals surface area contributed by atoms with Gasteiger partial charge in [0, 0.05) is 0 Å². The van der Waals surface area contributed by atoms with Crippen molar-refractivity contribution in [1.29, 1.82) is 0 Å². The van der Waals surface area contributed by atoms with Crippen LogP contribution in [0.2, 0.25) is 13.1 Å². The van der Waals surface area contributed by atoms with Gasteiger partial charge in [0.15, 0.2) is 0 Å². The smallest absolute Gasteiger partial charge is 0.325 e. The molecule has 0 aliphatic heterocycles. The average Bonchev–Trinajstić information content (AvgIpc) is 2.52. The van der Waals surface area contributed by atoms with Crippen LogP contribution in [0.25, 0.3) is 0 Å². The lowest BCUT2D eigenvalue weighted by atomic mass is 9.91. The first kappa shape index (κ1) is 30.0. The van der Waals surface area contributed by atoms with E-state index in [0.717, 1.165) is 0 Å². The van der Waals surface area contributed by atoms with Crippen molar-refractivity contribution in [3.05, 3.63) is 0 Å². The Kier molecular flexibility index (Phi) is 7.01. The summed E-state index contributed by atoms with van der Waals surface area (Å²) in [5.41, 5.74) is -6.33. The molecule has 0 bridgehead atoms. The molecule has 0 rings (SSSR count). The number of halogens is 17. The van der Waals surface area contributed by atoms with Gasteiger partial charge >= 0.3 is 47.3 Å². The SMILES string of the molecule is CN(C)[Si](C)(C)C(F)(F)C(F)(F)C(F)(F)C(F)(F)C(F)(F)C(F)(F)C(F)(F)C(F)(F)F. The third-order valence-electron chi connectivity index (χ3n) is 4.61. The predicted molar refractivity (Wildman–Crippen MR) is 71.9 cm³/mol. The summed E-state index contributed by atoms with van der Waals surface area (Å²) in [5.74, 6) is -49.6. The highest BCUT2D eigenvalue weighted by Crippen LogP contribution is 2.64. The molecular formula is C12H12F17NSi. The fraction of sp³-hybridized carbons (Fsp3) is 1.00. The third-order valence-corrected chi connectivity index (χ3v) is 8.70. The van der Waals surface area contributed by atoms with Crippen molar-refractivity contribution in [3.63, 3.8) is 0 Å². The highest BCUT2D eigenvalue weighted by molar-refractivity contribution is 6.77. The van der Waals surface area contributed by atoms with Gasteiger partial charge in [0.25, 0.3) is 0 Å². The van der Waals surface area contributed by atoms with Crippen molar-refractivity contribution in [1.82, 2.24) is 4.57 Å². The van der Waals surface area contributed by atoms with E-state index in [1.165, 1.54) is 0 Å². The first-order chi connectivity index (χ1) is 12.9. The Morgan fingerprint density at radius 3 is 0.871 bits per heavy atom. The Labute approximate surface area is 163 Å². The number of hydrogen-bond acceptors (Lipinski definition) is 1. The summed E-state index contributed by atoms with van der Waals surface area (Å²) < 4.78 is 224. The van der Waals surface area contributed by atoms with Crippen LogP contribution in [0.15, 0.2) is 0 Å². The second-order valence-corrected chi connectivity index (χ2v) is 11.6. The summed E-state index contributed by atoms with van der Waals surface area (Å²) in [6.45, 7) is 0.277. The molecule has 0 aromatic heterocycles. The minimum atomic E-state index is -8.59. The molecule has 0 heterocycles. The molecule has 19 heteroatoms. The zero-order chi connectivity index (χ0) is 26.1. The van der Waals surface area contributed by atoms with Crippen LogP contribution in [0.5, 0.6) is 0 Å². The van der Waals surface area contributed by atoms with E-state index in [4.69, 9.17) is 0 Å². The number of rotatable bonds is 8. The molecule has 0 aliphatic carbocycles. The maximum absolute atomic E-state index is 14.1. The summed E-state index contributed by atoms with van der Waals surface area (Å²) in [4.78, 5) is 0. The van der Waals surface area contributed by atoms with Gasteiger partial charge in [-0.05, 0) is 14.1 Å². The van der Waals surface area contributed by atoms with Crippen LogP contribution in [0.1, 0.15) is 0 Å². The molecule has 1 nitrogen and oxygen atoms in total. The molecule has 0 radical (unpaired) electrons.